The van der Waals surface area contributed by atoms with Gasteiger partial charge in [-0.2, -0.15) is 0 Å². The summed E-state index contributed by atoms with van der Waals surface area (Å²) in [5, 5.41) is 33.6. The van der Waals surface area contributed by atoms with E-state index in [1.54, 1.807) is 0 Å². The predicted molar refractivity (Wildman–Crippen MR) is 151 cm³/mol. The molecule has 6 heteroatoms. The second kappa shape index (κ2) is 12.0. The highest BCUT2D eigenvalue weighted by Gasteiger charge is 2.47. The summed E-state index contributed by atoms with van der Waals surface area (Å²) in [7, 11) is -1.91. The van der Waals surface area contributed by atoms with Gasteiger partial charge in [-0.05, 0) is 60.7 Å². The Bertz CT molecular complexity index is 1310. The van der Waals surface area contributed by atoms with Crippen molar-refractivity contribution in [3.8, 4) is 5.75 Å². The van der Waals surface area contributed by atoms with Gasteiger partial charge < -0.3 is 15.3 Å². The number of carbonyl (C=O) groups is 2. The number of rotatable bonds is 6. The highest BCUT2D eigenvalue weighted by molar-refractivity contribution is 8.01. The number of carboxylic acid groups (broad SMARTS) is 2. The van der Waals surface area contributed by atoms with Crippen molar-refractivity contribution < 1.29 is 24.9 Å². The number of carboxylic acids is 2. The smallest absolute Gasteiger partial charge is 0.335 e. The lowest BCUT2D eigenvalue weighted by Crippen LogP contribution is -2.38. The summed E-state index contributed by atoms with van der Waals surface area (Å²) in [6.45, 7) is 0. The van der Waals surface area contributed by atoms with E-state index >= 15 is 0 Å². The van der Waals surface area contributed by atoms with Crippen LogP contribution in [0.1, 0.15) is 20.7 Å². The summed E-state index contributed by atoms with van der Waals surface area (Å²) in [6, 6.07) is 47.2. The molecule has 0 aromatic heterocycles. The summed E-state index contributed by atoms with van der Waals surface area (Å²) in [5.41, 5.74) is -1.06. The minimum absolute atomic E-state index is 0.528. The summed E-state index contributed by atoms with van der Waals surface area (Å²) < 4.78 is 0. The van der Waals surface area contributed by atoms with Gasteiger partial charge in [-0.25, -0.2) is 9.59 Å². The number of hydrogen-bond acceptors (Lipinski definition) is 3. The molecule has 5 nitrogen and oxygen atoms in total. The zero-order valence-corrected chi connectivity index (χ0v) is 21.2. The quantitative estimate of drug-likeness (QED) is 0.322. The zero-order valence-electron chi connectivity index (χ0n) is 20.3. The van der Waals surface area contributed by atoms with Gasteiger partial charge in [-0.3, -0.25) is 0 Å². The van der Waals surface area contributed by atoms with Crippen molar-refractivity contribution in [3.63, 3.8) is 0 Å². The van der Waals surface area contributed by atoms with Crippen LogP contribution in [0.5, 0.6) is 5.75 Å². The van der Waals surface area contributed by atoms with E-state index in [9.17, 15) is 14.7 Å². The normalized spacial score (nSPS) is 10.6. The molecule has 0 aliphatic carbocycles. The van der Waals surface area contributed by atoms with Crippen molar-refractivity contribution >= 4 is 40.4 Å². The Kier molecular flexibility index (Phi) is 8.32. The van der Waals surface area contributed by atoms with Crippen LogP contribution in [-0.2, 0) is 0 Å². The molecule has 0 bridgehead atoms. The molecule has 0 amide bonds. The summed E-state index contributed by atoms with van der Waals surface area (Å²) in [5.74, 6) is -3.82. The van der Waals surface area contributed by atoms with Crippen molar-refractivity contribution in [1.82, 2.24) is 0 Å². The number of aromatic carboxylic acids is 2. The van der Waals surface area contributed by atoms with Crippen molar-refractivity contribution in [3.05, 3.63) is 151 Å². The lowest BCUT2D eigenvalue weighted by atomic mass is 10.1. The van der Waals surface area contributed by atoms with Crippen molar-refractivity contribution in [2.24, 2.45) is 0 Å². The van der Waals surface area contributed by atoms with Crippen LogP contribution in [0.3, 0.4) is 0 Å². The van der Waals surface area contributed by atoms with Gasteiger partial charge in [-0.1, -0.05) is 84.6 Å². The van der Waals surface area contributed by atoms with Crippen LogP contribution in [-0.4, -0.2) is 22.2 Å². The Morgan fingerprint density at radius 2 is 0.711 bits per heavy atom. The molecule has 5 aromatic carbocycles. The minimum atomic E-state index is -1.91. The van der Waals surface area contributed by atoms with Gasteiger partial charge in [0.15, 0.2) is 0 Å². The van der Waals surface area contributed by atoms with Crippen molar-refractivity contribution in [1.29, 1.82) is 0 Å². The first-order chi connectivity index (χ1) is 18.5. The molecule has 2 N–H and O–H groups in total. The maximum absolute atomic E-state index is 11.1. The fourth-order valence-electron chi connectivity index (χ4n) is 4.37. The van der Waals surface area contributed by atoms with E-state index in [1.807, 2.05) is 0 Å². The molecule has 5 aromatic rings. The maximum atomic E-state index is 11.1. The molecule has 0 saturated carbocycles. The fraction of sp³-hybridized carbons (Fsp3) is 0. The van der Waals surface area contributed by atoms with Gasteiger partial charge in [-0.15, -0.1) is 0 Å². The van der Waals surface area contributed by atoms with E-state index < -0.39 is 36.1 Å². The molecular weight excluding hydrogens is 495 g/mol. The third kappa shape index (κ3) is 5.34. The molecule has 0 unspecified atom stereocenters. The number of hydrogen-bond donors (Lipinski definition) is 2. The average molecular weight is 521 g/mol. The van der Waals surface area contributed by atoms with E-state index in [0.29, 0.717) is 0 Å². The van der Waals surface area contributed by atoms with Gasteiger partial charge in [0, 0.05) is 0 Å². The lowest BCUT2D eigenvalue weighted by Gasteiger charge is -2.27. The van der Waals surface area contributed by atoms with Crippen LogP contribution in [0.15, 0.2) is 140 Å². The summed E-state index contributed by atoms with van der Waals surface area (Å²) in [6.07, 6.45) is 0. The zero-order chi connectivity index (χ0) is 27.0. The summed E-state index contributed by atoms with van der Waals surface area (Å²) in [4.78, 5) is 20.8. The maximum Gasteiger partial charge on any atom is 0.335 e. The van der Waals surface area contributed by atoms with Gasteiger partial charge in [0.25, 0.3) is 0 Å². The van der Waals surface area contributed by atoms with Gasteiger partial charge >= 0.3 is 11.9 Å². The fourth-order valence-corrected chi connectivity index (χ4v) is 8.64. The first kappa shape index (κ1) is 26.3. The molecular formula is C32H25O5P. The van der Waals surface area contributed by atoms with E-state index in [2.05, 4.69) is 121 Å². The third-order valence-corrected chi connectivity index (χ3v) is 10.3. The van der Waals surface area contributed by atoms with E-state index in [-0.39, 0.29) is 0 Å². The highest BCUT2D eigenvalue weighted by atomic mass is 31.2. The Balaban J connectivity index is 0.000000219. The third-order valence-electron chi connectivity index (χ3n) is 6.05. The predicted octanol–water partition coefficient (Wildman–Crippen LogP) is 4.46. The molecule has 188 valence electrons. The van der Waals surface area contributed by atoms with Crippen LogP contribution >= 0.6 is 7.26 Å². The Hall–Kier alpha value is -4.73. The van der Waals surface area contributed by atoms with E-state index in [4.69, 9.17) is 10.2 Å². The standard InChI is InChI=1S/C24H20P.C8H6O5/c1-5-13-21(14-6-1)25(22-15-7-2-8-16-22,23-17-9-3-10-18-23)24-19-11-4-12-20-24;9-6-4(7(10)11)2-1-3-5(6)8(12)13/h1-20H;1-3,9H,(H,10,11)(H,12,13)/q+1;/p-1. The molecule has 0 atom stereocenters. The summed E-state index contributed by atoms with van der Waals surface area (Å²) >= 11 is 0. The SMILES string of the molecule is O=C(O)c1cccc(C(=O)O)c1[O-].c1ccc([P+](c2ccccc2)(c2ccccc2)c2ccccc2)cc1. The Morgan fingerprint density at radius 1 is 0.447 bits per heavy atom. The average Bonchev–Trinajstić information content (AvgIpc) is 2.96. The first-order valence-corrected chi connectivity index (χ1v) is 13.6. The highest BCUT2D eigenvalue weighted by Crippen LogP contribution is 2.53. The van der Waals surface area contributed by atoms with Gasteiger partial charge in [0.2, 0.25) is 0 Å². The van der Waals surface area contributed by atoms with Crippen LogP contribution < -0.4 is 26.3 Å². The molecule has 38 heavy (non-hydrogen) atoms. The minimum Gasteiger partial charge on any atom is -0.871 e. The Labute approximate surface area is 221 Å². The number of para-hydroxylation sites is 1. The Morgan fingerprint density at radius 3 is 0.947 bits per heavy atom. The van der Waals surface area contributed by atoms with Crippen LogP contribution in [0.2, 0.25) is 0 Å². The lowest BCUT2D eigenvalue weighted by molar-refractivity contribution is -0.269. The van der Waals surface area contributed by atoms with Crippen LogP contribution in [0.25, 0.3) is 0 Å². The molecule has 0 aliphatic rings. The van der Waals surface area contributed by atoms with Gasteiger partial charge in [0.05, 0.1) is 11.1 Å². The second-order valence-corrected chi connectivity index (χ2v) is 11.7. The van der Waals surface area contributed by atoms with Crippen molar-refractivity contribution in [2.75, 3.05) is 0 Å². The second-order valence-electron chi connectivity index (χ2n) is 8.31. The molecule has 0 aliphatic heterocycles. The topological polar surface area (TPSA) is 97.7 Å². The monoisotopic (exact) mass is 520 g/mol. The molecule has 0 saturated heterocycles. The molecule has 0 fully saturated rings. The first-order valence-electron chi connectivity index (χ1n) is 11.8. The van der Waals surface area contributed by atoms with Crippen LogP contribution in [0, 0.1) is 0 Å². The molecule has 0 radical (unpaired) electrons. The van der Waals surface area contributed by atoms with Crippen LogP contribution in [0.4, 0.5) is 0 Å². The number of benzene rings is 5. The van der Waals surface area contributed by atoms with Crippen molar-refractivity contribution in [2.45, 2.75) is 0 Å². The van der Waals surface area contributed by atoms with E-state index in [1.165, 1.54) is 27.3 Å². The van der Waals surface area contributed by atoms with E-state index in [0.717, 1.165) is 12.1 Å². The molecule has 0 heterocycles. The van der Waals surface area contributed by atoms with Gasteiger partial charge in [0.1, 0.15) is 28.5 Å². The molecule has 0 spiro atoms. The largest absolute Gasteiger partial charge is 0.871 e. The molecule has 5 rings (SSSR count).